The van der Waals surface area contributed by atoms with Crippen LogP contribution in [-0.2, 0) is 10.3 Å². The van der Waals surface area contributed by atoms with Crippen LogP contribution in [0.25, 0.3) is 0 Å². The summed E-state index contributed by atoms with van der Waals surface area (Å²) in [5.74, 6) is -1.01. The number of hydrogen-bond acceptors (Lipinski definition) is 5. The van der Waals surface area contributed by atoms with Gasteiger partial charge < -0.3 is 15.2 Å². The SMILES string of the molecule is Cc1csc(C(C)(C)NC(=O)c2cccc(OCC(=O)O)c2)n1. The monoisotopic (exact) mass is 334 g/mol. The van der Waals surface area contributed by atoms with Crippen molar-refractivity contribution in [3.8, 4) is 5.75 Å². The number of aliphatic carboxylic acids is 1. The number of carboxylic acid groups (broad SMARTS) is 1. The number of nitrogens with zero attached hydrogens (tertiary/aromatic N) is 1. The lowest BCUT2D eigenvalue weighted by atomic mass is 10.1. The summed E-state index contributed by atoms with van der Waals surface area (Å²) in [4.78, 5) is 27.4. The molecule has 1 heterocycles. The normalized spacial score (nSPS) is 11.1. The Morgan fingerprint density at radius 1 is 1.39 bits per heavy atom. The van der Waals surface area contributed by atoms with E-state index >= 15 is 0 Å². The highest BCUT2D eigenvalue weighted by Gasteiger charge is 2.26. The van der Waals surface area contributed by atoms with Crippen LogP contribution in [0.5, 0.6) is 5.75 Å². The van der Waals surface area contributed by atoms with Crippen LogP contribution in [0.2, 0.25) is 0 Å². The third kappa shape index (κ3) is 4.53. The van der Waals surface area contributed by atoms with Crippen molar-refractivity contribution in [3.05, 3.63) is 45.9 Å². The lowest BCUT2D eigenvalue weighted by Crippen LogP contribution is -2.41. The van der Waals surface area contributed by atoms with Gasteiger partial charge >= 0.3 is 5.97 Å². The zero-order chi connectivity index (χ0) is 17.0. The first-order valence-corrected chi connectivity index (χ1v) is 7.85. The number of thiazole rings is 1. The summed E-state index contributed by atoms with van der Waals surface area (Å²) in [6.45, 7) is 5.22. The maximum Gasteiger partial charge on any atom is 0.341 e. The molecule has 1 aromatic carbocycles. The molecule has 0 aliphatic carbocycles. The van der Waals surface area contributed by atoms with E-state index in [-0.39, 0.29) is 5.91 Å². The summed E-state index contributed by atoms with van der Waals surface area (Å²) < 4.78 is 5.09. The molecule has 6 nitrogen and oxygen atoms in total. The lowest BCUT2D eigenvalue weighted by Gasteiger charge is -2.24. The first-order valence-electron chi connectivity index (χ1n) is 6.98. The molecular formula is C16H18N2O4S. The predicted octanol–water partition coefficient (Wildman–Crippen LogP) is 2.58. The van der Waals surface area contributed by atoms with Crippen molar-refractivity contribution < 1.29 is 19.4 Å². The van der Waals surface area contributed by atoms with Gasteiger partial charge in [0.05, 0.1) is 5.54 Å². The summed E-state index contributed by atoms with van der Waals surface area (Å²) >= 11 is 1.49. The fourth-order valence-corrected chi connectivity index (χ4v) is 2.80. The molecule has 23 heavy (non-hydrogen) atoms. The number of aryl methyl sites for hydroxylation is 1. The van der Waals surface area contributed by atoms with Gasteiger partial charge in [0.1, 0.15) is 10.8 Å². The van der Waals surface area contributed by atoms with Crippen molar-refractivity contribution >= 4 is 23.2 Å². The molecule has 0 saturated carbocycles. The molecule has 0 radical (unpaired) electrons. The van der Waals surface area contributed by atoms with Crippen molar-refractivity contribution in [2.24, 2.45) is 0 Å². The maximum absolute atomic E-state index is 12.4. The fourth-order valence-electron chi connectivity index (χ4n) is 1.92. The van der Waals surface area contributed by atoms with Crippen molar-refractivity contribution in [1.82, 2.24) is 10.3 Å². The van der Waals surface area contributed by atoms with Gasteiger partial charge in [-0.3, -0.25) is 4.79 Å². The minimum absolute atomic E-state index is 0.274. The van der Waals surface area contributed by atoms with Crippen LogP contribution < -0.4 is 10.1 Å². The third-order valence-electron chi connectivity index (χ3n) is 3.04. The Kier molecular flexibility index (Phi) is 5.00. The molecule has 1 amide bonds. The summed E-state index contributed by atoms with van der Waals surface area (Å²) in [5.41, 5.74) is 0.708. The van der Waals surface area contributed by atoms with Crippen LogP contribution >= 0.6 is 11.3 Å². The second kappa shape index (κ2) is 6.78. The molecule has 0 fully saturated rings. The highest BCUT2D eigenvalue weighted by atomic mass is 32.1. The Bertz CT molecular complexity index is 724. The number of ether oxygens (including phenoxy) is 1. The van der Waals surface area contributed by atoms with Gasteiger partial charge in [0.25, 0.3) is 5.91 Å². The van der Waals surface area contributed by atoms with Gasteiger partial charge in [0.15, 0.2) is 6.61 Å². The Hall–Kier alpha value is -2.41. The third-order valence-corrected chi connectivity index (χ3v) is 4.32. The number of benzene rings is 1. The number of carbonyl (C=O) groups excluding carboxylic acids is 1. The molecular weight excluding hydrogens is 316 g/mol. The quantitative estimate of drug-likeness (QED) is 0.847. The molecule has 2 aromatic rings. The van der Waals surface area contributed by atoms with E-state index in [4.69, 9.17) is 9.84 Å². The summed E-state index contributed by atoms with van der Waals surface area (Å²) in [6, 6.07) is 6.41. The topological polar surface area (TPSA) is 88.5 Å². The lowest BCUT2D eigenvalue weighted by molar-refractivity contribution is -0.139. The molecule has 2 rings (SSSR count). The minimum Gasteiger partial charge on any atom is -0.482 e. The molecule has 1 aromatic heterocycles. The minimum atomic E-state index is -1.07. The van der Waals surface area contributed by atoms with E-state index in [1.54, 1.807) is 18.2 Å². The zero-order valence-electron chi connectivity index (χ0n) is 13.1. The molecule has 0 aliphatic heterocycles. The molecule has 0 bridgehead atoms. The van der Waals surface area contributed by atoms with E-state index in [1.165, 1.54) is 17.4 Å². The molecule has 0 saturated heterocycles. The van der Waals surface area contributed by atoms with Crippen molar-refractivity contribution in [3.63, 3.8) is 0 Å². The molecule has 2 N–H and O–H groups in total. The van der Waals surface area contributed by atoms with Gasteiger partial charge in [-0.15, -0.1) is 11.3 Å². The van der Waals surface area contributed by atoms with Crippen molar-refractivity contribution in [1.29, 1.82) is 0 Å². The van der Waals surface area contributed by atoms with Crippen LogP contribution in [0.15, 0.2) is 29.6 Å². The molecule has 7 heteroatoms. The van der Waals surface area contributed by atoms with Gasteiger partial charge in [0, 0.05) is 16.6 Å². The highest BCUT2D eigenvalue weighted by Crippen LogP contribution is 2.24. The van der Waals surface area contributed by atoms with E-state index in [0.29, 0.717) is 11.3 Å². The van der Waals surface area contributed by atoms with Gasteiger partial charge in [-0.05, 0) is 39.0 Å². The average Bonchev–Trinajstić information content (AvgIpc) is 2.92. The Balaban J connectivity index is 2.11. The van der Waals surface area contributed by atoms with Gasteiger partial charge in [-0.1, -0.05) is 6.07 Å². The van der Waals surface area contributed by atoms with Gasteiger partial charge in [-0.25, -0.2) is 9.78 Å². The maximum atomic E-state index is 12.4. The fraction of sp³-hybridized carbons (Fsp3) is 0.312. The van der Waals surface area contributed by atoms with Crippen LogP contribution in [0.1, 0.15) is 34.9 Å². The van der Waals surface area contributed by atoms with Crippen LogP contribution in [-0.4, -0.2) is 28.6 Å². The molecule has 122 valence electrons. The summed E-state index contributed by atoms with van der Waals surface area (Å²) in [6.07, 6.45) is 0. The Morgan fingerprint density at radius 2 is 2.13 bits per heavy atom. The van der Waals surface area contributed by atoms with Gasteiger partial charge in [0.2, 0.25) is 0 Å². The van der Waals surface area contributed by atoms with Crippen LogP contribution in [0.3, 0.4) is 0 Å². The second-order valence-electron chi connectivity index (χ2n) is 5.58. The number of amides is 1. The Morgan fingerprint density at radius 3 is 2.74 bits per heavy atom. The number of carboxylic acids is 1. The van der Waals surface area contributed by atoms with Crippen LogP contribution in [0.4, 0.5) is 0 Å². The average molecular weight is 334 g/mol. The smallest absolute Gasteiger partial charge is 0.341 e. The molecule has 0 aliphatic rings. The Labute approximate surface area is 138 Å². The van der Waals surface area contributed by atoms with E-state index in [2.05, 4.69) is 10.3 Å². The zero-order valence-corrected chi connectivity index (χ0v) is 13.9. The van der Waals surface area contributed by atoms with Crippen molar-refractivity contribution in [2.75, 3.05) is 6.61 Å². The van der Waals surface area contributed by atoms with E-state index in [0.717, 1.165) is 10.7 Å². The largest absolute Gasteiger partial charge is 0.482 e. The number of aromatic nitrogens is 1. The van der Waals surface area contributed by atoms with E-state index < -0.39 is 18.1 Å². The summed E-state index contributed by atoms with van der Waals surface area (Å²) in [7, 11) is 0. The predicted molar refractivity (Wildman–Crippen MR) is 86.9 cm³/mol. The number of carbonyl (C=O) groups is 2. The standard InChI is InChI=1S/C16H18N2O4S/c1-10-9-23-15(17-10)16(2,3)18-14(21)11-5-4-6-12(7-11)22-8-13(19)20/h4-7,9H,8H2,1-3H3,(H,18,21)(H,19,20). The first kappa shape index (κ1) is 17.0. The van der Waals surface area contributed by atoms with E-state index in [1.807, 2.05) is 26.2 Å². The van der Waals surface area contributed by atoms with Crippen molar-refractivity contribution in [2.45, 2.75) is 26.3 Å². The number of nitrogens with one attached hydrogen (secondary N) is 1. The number of hydrogen-bond donors (Lipinski definition) is 2. The first-order chi connectivity index (χ1) is 10.8. The van der Waals surface area contributed by atoms with Crippen LogP contribution in [0, 0.1) is 6.92 Å². The molecule has 0 unspecified atom stereocenters. The highest BCUT2D eigenvalue weighted by molar-refractivity contribution is 7.09. The molecule has 0 spiro atoms. The number of rotatable bonds is 6. The second-order valence-corrected chi connectivity index (χ2v) is 6.44. The van der Waals surface area contributed by atoms with E-state index in [9.17, 15) is 9.59 Å². The summed E-state index contributed by atoms with van der Waals surface area (Å²) in [5, 5.41) is 14.3. The molecule has 0 atom stereocenters. The van der Waals surface area contributed by atoms with Gasteiger partial charge in [-0.2, -0.15) is 0 Å².